The molecule has 1 amide bonds. The largest absolute Gasteiger partial charge is 0.454 e. The highest BCUT2D eigenvalue weighted by atomic mass is 32.2. The molecule has 3 aromatic carbocycles. The number of nitrogens with one attached hydrogen (secondary N) is 1. The van der Waals surface area contributed by atoms with Crippen molar-refractivity contribution in [3.8, 4) is 11.5 Å². The van der Waals surface area contributed by atoms with E-state index in [-0.39, 0.29) is 24.1 Å². The summed E-state index contributed by atoms with van der Waals surface area (Å²) < 4.78 is 37.7. The van der Waals surface area contributed by atoms with Gasteiger partial charge in [-0.05, 0) is 42.0 Å². The summed E-state index contributed by atoms with van der Waals surface area (Å²) in [6.45, 7) is 2.53. The molecule has 1 aliphatic rings. The molecule has 0 fully saturated rings. The van der Waals surface area contributed by atoms with Crippen molar-refractivity contribution in [3.05, 3.63) is 83.9 Å². The monoisotopic (exact) mass is 438 g/mol. The minimum atomic E-state index is -3.59. The normalized spacial score (nSPS) is 12.7. The van der Waals surface area contributed by atoms with Crippen LogP contribution in [-0.2, 0) is 16.6 Å². The van der Waals surface area contributed by atoms with Gasteiger partial charge in [0.1, 0.15) is 0 Å². The van der Waals surface area contributed by atoms with Crippen LogP contribution >= 0.6 is 0 Å². The predicted molar refractivity (Wildman–Crippen MR) is 117 cm³/mol. The average Bonchev–Trinajstić information content (AvgIpc) is 3.26. The van der Waals surface area contributed by atoms with Crippen molar-refractivity contribution >= 4 is 21.6 Å². The second kappa shape index (κ2) is 8.79. The lowest BCUT2D eigenvalue weighted by atomic mass is 10.1. The maximum absolute atomic E-state index is 12.9. The van der Waals surface area contributed by atoms with Gasteiger partial charge in [-0.1, -0.05) is 37.3 Å². The Kier molecular flexibility index (Phi) is 5.92. The van der Waals surface area contributed by atoms with E-state index < -0.39 is 10.0 Å². The van der Waals surface area contributed by atoms with E-state index in [9.17, 15) is 13.2 Å². The summed E-state index contributed by atoms with van der Waals surface area (Å²) in [4.78, 5) is 12.8. The number of benzene rings is 3. The third-order valence-corrected chi connectivity index (χ3v) is 6.87. The number of carbonyl (C=O) groups is 1. The van der Waals surface area contributed by atoms with Gasteiger partial charge in [-0.3, -0.25) is 4.79 Å². The van der Waals surface area contributed by atoms with Crippen molar-refractivity contribution < 1.29 is 22.7 Å². The average molecular weight is 439 g/mol. The maximum atomic E-state index is 12.9. The number of ether oxygens (including phenoxy) is 2. The molecule has 0 radical (unpaired) electrons. The number of fused-ring (bicyclic) bond motifs is 1. The summed E-state index contributed by atoms with van der Waals surface area (Å²) in [7, 11) is -3.59. The highest BCUT2D eigenvalue weighted by molar-refractivity contribution is 7.89. The Bertz CT molecular complexity index is 1180. The van der Waals surface area contributed by atoms with Gasteiger partial charge in [-0.25, -0.2) is 8.42 Å². The van der Waals surface area contributed by atoms with Crippen LogP contribution in [-0.4, -0.2) is 32.0 Å². The summed E-state index contributed by atoms with van der Waals surface area (Å²) in [5, 5.41) is 2.82. The highest BCUT2D eigenvalue weighted by Crippen LogP contribution is 2.34. The van der Waals surface area contributed by atoms with Gasteiger partial charge in [0.25, 0.3) is 5.91 Å². The first-order valence-corrected chi connectivity index (χ1v) is 11.3. The number of carbonyl (C=O) groups excluding carboxylic acids is 1. The molecule has 1 heterocycles. The number of sulfonamides is 1. The zero-order valence-electron chi connectivity index (χ0n) is 16.9. The Morgan fingerprint density at radius 2 is 1.68 bits per heavy atom. The van der Waals surface area contributed by atoms with E-state index in [1.165, 1.54) is 4.31 Å². The van der Waals surface area contributed by atoms with Gasteiger partial charge in [0.05, 0.1) is 4.90 Å². The fourth-order valence-corrected chi connectivity index (χ4v) is 4.71. The third kappa shape index (κ3) is 4.55. The molecule has 0 saturated carbocycles. The number of nitrogens with zero attached hydrogens (tertiary/aromatic N) is 1. The molecular weight excluding hydrogens is 416 g/mol. The third-order valence-electron chi connectivity index (χ3n) is 4.94. The summed E-state index contributed by atoms with van der Waals surface area (Å²) in [5.74, 6) is 0.968. The molecule has 0 atom stereocenters. The van der Waals surface area contributed by atoms with E-state index in [0.717, 1.165) is 5.56 Å². The van der Waals surface area contributed by atoms with E-state index >= 15 is 0 Å². The Hall–Kier alpha value is -3.36. The molecule has 0 aliphatic carbocycles. The van der Waals surface area contributed by atoms with Gasteiger partial charge in [0.2, 0.25) is 16.8 Å². The maximum Gasteiger partial charge on any atom is 0.255 e. The van der Waals surface area contributed by atoms with Crippen LogP contribution in [0.3, 0.4) is 0 Å². The van der Waals surface area contributed by atoms with Crippen LogP contribution in [0.1, 0.15) is 22.8 Å². The van der Waals surface area contributed by atoms with Gasteiger partial charge in [0, 0.05) is 30.4 Å². The minimum absolute atomic E-state index is 0.170. The van der Waals surface area contributed by atoms with Crippen LogP contribution in [0.5, 0.6) is 11.5 Å². The zero-order valence-corrected chi connectivity index (χ0v) is 17.8. The zero-order chi connectivity index (χ0) is 21.8. The van der Waals surface area contributed by atoms with Crippen molar-refractivity contribution in [2.45, 2.75) is 18.4 Å². The second-order valence-corrected chi connectivity index (χ2v) is 8.90. The number of rotatable bonds is 7. The van der Waals surface area contributed by atoms with Crippen LogP contribution in [0, 0.1) is 0 Å². The van der Waals surface area contributed by atoms with Crippen molar-refractivity contribution in [2.75, 3.05) is 18.7 Å². The lowest BCUT2D eigenvalue weighted by Crippen LogP contribution is -2.30. The molecule has 7 nitrogen and oxygen atoms in total. The fourth-order valence-electron chi connectivity index (χ4n) is 3.25. The van der Waals surface area contributed by atoms with Crippen LogP contribution in [0.25, 0.3) is 0 Å². The standard InChI is InChI=1S/C23H22N2O5S/c1-2-25(31(27,28)20-6-4-3-5-7-20)15-17-8-10-18(11-9-17)23(26)24-19-12-13-21-22(14-19)30-16-29-21/h3-14H,2,15-16H2,1H3,(H,24,26). The number of amides is 1. The van der Waals surface area contributed by atoms with E-state index in [4.69, 9.17) is 9.47 Å². The van der Waals surface area contributed by atoms with E-state index in [2.05, 4.69) is 5.32 Å². The number of anilines is 1. The highest BCUT2D eigenvalue weighted by Gasteiger charge is 2.23. The second-order valence-electron chi connectivity index (χ2n) is 6.96. The Morgan fingerprint density at radius 1 is 0.968 bits per heavy atom. The van der Waals surface area contributed by atoms with Crippen molar-refractivity contribution in [1.82, 2.24) is 4.31 Å². The Balaban J connectivity index is 1.44. The van der Waals surface area contributed by atoms with Crippen LogP contribution in [0.2, 0.25) is 0 Å². The first kappa shape index (κ1) is 20.9. The molecule has 1 N–H and O–H groups in total. The van der Waals surface area contributed by atoms with Crippen LogP contribution in [0.15, 0.2) is 77.7 Å². The molecule has 0 saturated heterocycles. The molecule has 0 unspecified atom stereocenters. The van der Waals surface area contributed by atoms with Crippen LogP contribution < -0.4 is 14.8 Å². The summed E-state index contributed by atoms with van der Waals surface area (Å²) in [6.07, 6.45) is 0. The van der Waals surface area contributed by atoms with Crippen molar-refractivity contribution in [1.29, 1.82) is 0 Å². The summed E-state index contributed by atoms with van der Waals surface area (Å²) in [5.41, 5.74) is 1.86. The molecule has 0 aromatic heterocycles. The SMILES string of the molecule is CCN(Cc1ccc(C(=O)Nc2ccc3c(c2)OCO3)cc1)S(=O)(=O)c1ccccc1. The molecule has 160 valence electrons. The fraction of sp³-hybridized carbons (Fsp3) is 0.174. The predicted octanol–water partition coefficient (Wildman–Crippen LogP) is 3.88. The lowest BCUT2D eigenvalue weighted by Gasteiger charge is -2.20. The molecular formula is C23H22N2O5S. The van der Waals surface area contributed by atoms with E-state index in [0.29, 0.717) is 29.3 Å². The van der Waals surface area contributed by atoms with Crippen LogP contribution in [0.4, 0.5) is 5.69 Å². The van der Waals surface area contributed by atoms with Gasteiger partial charge in [-0.15, -0.1) is 0 Å². The Morgan fingerprint density at radius 3 is 2.39 bits per heavy atom. The quantitative estimate of drug-likeness (QED) is 0.605. The van der Waals surface area contributed by atoms with Crippen molar-refractivity contribution in [2.24, 2.45) is 0 Å². The van der Waals surface area contributed by atoms with Gasteiger partial charge < -0.3 is 14.8 Å². The number of hydrogen-bond donors (Lipinski definition) is 1. The van der Waals surface area contributed by atoms with E-state index in [1.54, 1.807) is 79.7 Å². The summed E-state index contributed by atoms with van der Waals surface area (Å²) >= 11 is 0. The summed E-state index contributed by atoms with van der Waals surface area (Å²) in [6, 6.07) is 20.4. The first-order chi connectivity index (χ1) is 15.0. The molecule has 3 aromatic rings. The lowest BCUT2D eigenvalue weighted by molar-refractivity contribution is 0.102. The van der Waals surface area contributed by atoms with Gasteiger partial charge >= 0.3 is 0 Å². The molecule has 0 bridgehead atoms. The molecule has 4 rings (SSSR count). The molecule has 31 heavy (non-hydrogen) atoms. The van der Waals surface area contributed by atoms with E-state index in [1.807, 2.05) is 0 Å². The minimum Gasteiger partial charge on any atom is -0.454 e. The number of hydrogen-bond acceptors (Lipinski definition) is 5. The smallest absolute Gasteiger partial charge is 0.255 e. The molecule has 1 aliphatic heterocycles. The van der Waals surface area contributed by atoms with Crippen molar-refractivity contribution in [3.63, 3.8) is 0 Å². The molecule has 8 heteroatoms. The van der Waals surface area contributed by atoms with Gasteiger partial charge in [0.15, 0.2) is 11.5 Å². The first-order valence-electron chi connectivity index (χ1n) is 9.82. The topological polar surface area (TPSA) is 84.9 Å². The molecule has 0 spiro atoms. The Labute approximate surface area is 181 Å². The van der Waals surface area contributed by atoms with Gasteiger partial charge in [-0.2, -0.15) is 4.31 Å².